The molecule has 1 aromatic heterocycles. The van der Waals surface area contributed by atoms with Gasteiger partial charge in [0, 0.05) is 29.4 Å². The van der Waals surface area contributed by atoms with Crippen molar-refractivity contribution in [3.8, 4) is 23.0 Å². The Bertz CT molecular complexity index is 1910. The Labute approximate surface area is 301 Å². The van der Waals surface area contributed by atoms with E-state index in [0.29, 0.717) is 48.7 Å². The van der Waals surface area contributed by atoms with Crippen LogP contribution in [0.4, 0.5) is 22.0 Å². The molecule has 2 aromatic carbocycles. The number of aromatic nitrogens is 1. The molecule has 0 aliphatic carbocycles. The van der Waals surface area contributed by atoms with E-state index in [0.717, 1.165) is 10.8 Å². The van der Waals surface area contributed by atoms with Gasteiger partial charge in [-0.25, -0.2) is 8.78 Å². The highest BCUT2D eigenvalue weighted by Crippen LogP contribution is 2.40. The van der Waals surface area contributed by atoms with Crippen molar-refractivity contribution in [1.82, 2.24) is 14.8 Å². The second-order valence-corrected chi connectivity index (χ2v) is 14.2. The van der Waals surface area contributed by atoms with Crippen molar-refractivity contribution in [2.75, 3.05) is 13.1 Å². The lowest BCUT2D eigenvalue weighted by atomic mass is 9.86. The highest BCUT2D eigenvalue weighted by Gasteiger charge is 2.39. The number of pyridine rings is 1. The third-order valence-corrected chi connectivity index (χ3v) is 9.74. The molecule has 1 amide bonds. The number of aryl methyl sites for hydroxylation is 2. The molecule has 3 aromatic rings. The predicted octanol–water partition coefficient (Wildman–Crippen LogP) is 8.31. The lowest BCUT2D eigenvalue weighted by molar-refractivity contribution is -0.139. The fourth-order valence-electron chi connectivity index (χ4n) is 7.18. The van der Waals surface area contributed by atoms with Crippen LogP contribution in [-0.2, 0) is 15.8 Å². The summed E-state index contributed by atoms with van der Waals surface area (Å²) in [4.78, 5) is 42.0. The number of alkyl halides is 3. The van der Waals surface area contributed by atoms with Crippen molar-refractivity contribution in [2.45, 2.75) is 104 Å². The van der Waals surface area contributed by atoms with Crippen molar-refractivity contribution in [3.63, 3.8) is 0 Å². The maximum Gasteiger partial charge on any atom is 0.416 e. The van der Waals surface area contributed by atoms with Crippen LogP contribution >= 0.6 is 0 Å². The van der Waals surface area contributed by atoms with Crippen molar-refractivity contribution in [1.29, 1.82) is 0 Å². The van der Waals surface area contributed by atoms with Crippen molar-refractivity contribution >= 4 is 11.9 Å². The number of aliphatic carboxylic acids is 1. The molecule has 0 bridgehead atoms. The number of nitrogens with one attached hydrogen (secondary N) is 1. The number of rotatable bonds is 11. The minimum Gasteiger partial charge on any atom is -0.481 e. The Morgan fingerprint density at radius 1 is 1.02 bits per heavy atom. The number of carbonyl (C=O) groups is 2. The smallest absolute Gasteiger partial charge is 0.416 e. The maximum atomic E-state index is 16.6. The van der Waals surface area contributed by atoms with Crippen LogP contribution in [0.2, 0.25) is 0 Å². The van der Waals surface area contributed by atoms with Crippen LogP contribution in [0.1, 0.15) is 112 Å². The van der Waals surface area contributed by atoms with Crippen molar-refractivity contribution in [3.05, 3.63) is 91.9 Å². The summed E-state index contributed by atoms with van der Waals surface area (Å²) in [6, 6.07) is 4.01. The summed E-state index contributed by atoms with van der Waals surface area (Å²) in [5, 5.41) is 12.4. The number of nitrogens with zero attached hydrogens (tertiary/aromatic N) is 2. The SMILES string of the molecule is CC#Cc1cc(-c2c(C)cccc2C)c(F)c(C(CC(=O)O)NC(=O)C(CC(C)C)n2cc(C3CCN(C(C)C)CC3)c(C(F)(F)F)cc2=O)c1F. The lowest BCUT2D eigenvalue weighted by Crippen LogP contribution is -2.41. The molecule has 0 spiro atoms. The number of amides is 1. The third kappa shape index (κ3) is 8.92. The van der Waals surface area contributed by atoms with Gasteiger partial charge in [0.25, 0.3) is 5.56 Å². The summed E-state index contributed by atoms with van der Waals surface area (Å²) in [7, 11) is 0. The number of carbonyl (C=O) groups excluding carboxylic acids is 1. The van der Waals surface area contributed by atoms with Gasteiger partial charge in [0.2, 0.25) is 5.91 Å². The van der Waals surface area contributed by atoms with Gasteiger partial charge in [0.1, 0.15) is 17.7 Å². The number of piperidine rings is 1. The number of carboxylic acids is 1. The van der Waals surface area contributed by atoms with Gasteiger partial charge in [-0.15, -0.1) is 5.92 Å². The first-order valence-electron chi connectivity index (χ1n) is 17.5. The highest BCUT2D eigenvalue weighted by atomic mass is 19.4. The molecule has 2 atom stereocenters. The molecule has 0 saturated carbocycles. The molecule has 1 aliphatic heterocycles. The monoisotopic (exact) mass is 727 g/mol. The van der Waals surface area contributed by atoms with E-state index in [1.165, 1.54) is 13.0 Å². The lowest BCUT2D eigenvalue weighted by Gasteiger charge is -2.36. The van der Waals surface area contributed by atoms with Crippen molar-refractivity contribution in [2.24, 2.45) is 5.92 Å². The van der Waals surface area contributed by atoms with Gasteiger partial charge >= 0.3 is 12.1 Å². The zero-order chi connectivity index (χ0) is 38.7. The summed E-state index contributed by atoms with van der Waals surface area (Å²) in [6.07, 6.45) is -3.91. The highest BCUT2D eigenvalue weighted by molar-refractivity contribution is 5.82. The second kappa shape index (κ2) is 16.4. The number of benzene rings is 2. The van der Waals surface area contributed by atoms with E-state index >= 15 is 8.78 Å². The van der Waals surface area contributed by atoms with Gasteiger partial charge in [0.05, 0.1) is 23.6 Å². The van der Waals surface area contributed by atoms with E-state index in [1.807, 2.05) is 13.8 Å². The molecule has 0 radical (unpaired) electrons. The topological polar surface area (TPSA) is 91.6 Å². The standard InChI is InChI=1S/C40H46F5N3O4/c1-8-10-27-18-28(35-24(6)11-9-12-25(35)7)38(42)36(37(27)41)31(20-34(50)51)46-39(52)32(17-22(2)3)48-21-29(30(19-33(48)49)40(43,44)45)26-13-15-47(16-14-26)23(4)5/h9,11-12,18-19,21-23,26,31-32H,13-17,20H2,1-7H3,(H,46,52)(H,50,51). The minimum atomic E-state index is -4.83. The third-order valence-electron chi connectivity index (χ3n) is 9.74. The Balaban J connectivity index is 1.87. The van der Waals surface area contributed by atoms with Gasteiger partial charge in [-0.2, -0.15) is 13.2 Å². The van der Waals surface area contributed by atoms with Gasteiger partial charge in [0.15, 0.2) is 0 Å². The zero-order valence-corrected chi connectivity index (χ0v) is 30.5. The van der Waals surface area contributed by atoms with Crippen LogP contribution in [-0.4, -0.2) is 45.6 Å². The van der Waals surface area contributed by atoms with Crippen molar-refractivity contribution < 1.29 is 36.6 Å². The summed E-state index contributed by atoms with van der Waals surface area (Å²) >= 11 is 0. The molecule has 2 heterocycles. The largest absolute Gasteiger partial charge is 0.481 e. The van der Waals surface area contributed by atoms with Gasteiger partial charge in [-0.1, -0.05) is 38.0 Å². The summed E-state index contributed by atoms with van der Waals surface area (Å²) < 4.78 is 76.9. The number of hydrogen-bond donors (Lipinski definition) is 2. The van der Waals surface area contributed by atoms with Crippen LogP contribution in [0.5, 0.6) is 0 Å². The van der Waals surface area contributed by atoms with E-state index in [4.69, 9.17) is 0 Å². The number of likely N-dealkylation sites (tertiary alicyclic amines) is 1. The molecule has 1 aliphatic rings. The van der Waals surface area contributed by atoms with Crippen LogP contribution in [0.15, 0.2) is 41.3 Å². The molecule has 2 N–H and O–H groups in total. The van der Waals surface area contributed by atoms with Crippen LogP contribution < -0.4 is 10.9 Å². The molecular formula is C40H46F5N3O4. The second-order valence-electron chi connectivity index (χ2n) is 14.2. The first-order chi connectivity index (χ1) is 24.3. The van der Waals surface area contributed by atoms with Gasteiger partial charge in [-0.05, 0) is 107 Å². The van der Waals surface area contributed by atoms with Gasteiger partial charge < -0.3 is 19.9 Å². The molecule has 2 unspecified atom stereocenters. The first kappa shape index (κ1) is 40.3. The average molecular weight is 728 g/mol. The predicted molar refractivity (Wildman–Crippen MR) is 190 cm³/mol. The summed E-state index contributed by atoms with van der Waals surface area (Å²) in [5.74, 6) is -0.323. The van der Waals surface area contributed by atoms with Gasteiger partial charge in [-0.3, -0.25) is 14.4 Å². The van der Waals surface area contributed by atoms with Crippen LogP contribution in [0.25, 0.3) is 11.1 Å². The Kier molecular flexibility index (Phi) is 12.7. The quantitative estimate of drug-likeness (QED) is 0.153. The summed E-state index contributed by atoms with van der Waals surface area (Å²) in [5.41, 5.74) is -1.48. The molecule has 280 valence electrons. The summed E-state index contributed by atoms with van der Waals surface area (Å²) in [6.45, 7) is 13.5. The molecule has 4 rings (SSSR count). The number of halogens is 5. The average Bonchev–Trinajstić information content (AvgIpc) is 3.05. The van der Waals surface area contributed by atoms with Crippen LogP contribution in [0.3, 0.4) is 0 Å². The molecule has 1 saturated heterocycles. The molecule has 52 heavy (non-hydrogen) atoms. The van der Waals surface area contributed by atoms with E-state index in [1.54, 1.807) is 45.9 Å². The van der Waals surface area contributed by atoms with Crippen LogP contribution in [0, 0.1) is 43.2 Å². The fraction of sp³-hybridized carbons (Fsp3) is 0.475. The molecule has 12 heteroatoms. The Morgan fingerprint density at radius 3 is 2.15 bits per heavy atom. The fourth-order valence-corrected chi connectivity index (χ4v) is 7.18. The Morgan fingerprint density at radius 2 is 1.63 bits per heavy atom. The first-order valence-corrected chi connectivity index (χ1v) is 17.5. The molecule has 1 fully saturated rings. The maximum absolute atomic E-state index is 16.6. The van der Waals surface area contributed by atoms with E-state index in [-0.39, 0.29) is 35.1 Å². The minimum absolute atomic E-state index is 0.0396. The molecule has 7 nitrogen and oxygen atoms in total. The Hall–Kier alpha value is -4.50. The number of hydrogen-bond acceptors (Lipinski definition) is 4. The molecular weight excluding hydrogens is 681 g/mol. The number of carboxylic acid groups (broad SMARTS) is 1. The zero-order valence-electron chi connectivity index (χ0n) is 30.5. The van der Waals surface area contributed by atoms with E-state index in [9.17, 15) is 32.7 Å². The van der Waals surface area contributed by atoms with E-state index in [2.05, 4.69) is 22.1 Å². The van der Waals surface area contributed by atoms with E-state index < -0.39 is 70.8 Å². The normalized spacial score (nSPS) is 15.3.